The first kappa shape index (κ1) is 36.2. The van der Waals surface area contributed by atoms with E-state index in [1.54, 1.807) is 0 Å². The van der Waals surface area contributed by atoms with Crippen molar-refractivity contribution in [1.82, 2.24) is 14.9 Å². The maximum Gasteiger partial charge on any atom is 0.522 e. The molecule has 5 amide bonds. The van der Waals surface area contributed by atoms with Gasteiger partial charge in [0.05, 0.1) is 20.9 Å². The highest BCUT2D eigenvalue weighted by atomic mass is 32.2. The fraction of sp³-hybridized carbons (Fsp3) is 0.0312. The van der Waals surface area contributed by atoms with Gasteiger partial charge in [-0.2, -0.15) is 16.8 Å². The number of aromatic nitrogens is 1. The normalized spacial score (nSPS) is 14.0. The molecular weight excluding hydrogens is 776 g/mol. The van der Waals surface area contributed by atoms with Gasteiger partial charge in [-0.3, -0.25) is 28.7 Å². The van der Waals surface area contributed by atoms with Gasteiger partial charge in [0.25, 0.3) is 17.7 Å². The largest absolute Gasteiger partial charge is 0.857 e. The first-order valence-electron chi connectivity index (χ1n) is 15.0. The van der Waals surface area contributed by atoms with Gasteiger partial charge < -0.3 is 14.9 Å². The zero-order chi connectivity index (χ0) is 39.6. The van der Waals surface area contributed by atoms with Crippen LogP contribution in [0.4, 0.5) is 0 Å². The van der Waals surface area contributed by atoms with Gasteiger partial charge in [0, 0.05) is 27.8 Å². The molecule has 0 saturated carbocycles. The topological polar surface area (TPSA) is 286 Å². The highest BCUT2D eigenvalue weighted by Crippen LogP contribution is 2.38. The number of hydrogen-bond acceptors (Lipinski definition) is 17. The first-order valence-corrected chi connectivity index (χ1v) is 17.8. The molecule has 55 heavy (non-hydrogen) atoms. The van der Waals surface area contributed by atoms with Crippen LogP contribution in [0.15, 0.2) is 88.7 Å². The van der Waals surface area contributed by atoms with Crippen molar-refractivity contribution in [2.24, 2.45) is 0 Å². The summed E-state index contributed by atoms with van der Waals surface area (Å²) in [4.78, 5) is 75.4. The molecule has 2 aliphatic heterocycles. The van der Waals surface area contributed by atoms with Crippen LogP contribution in [0, 0.1) is 4.91 Å². The van der Waals surface area contributed by atoms with Crippen molar-refractivity contribution in [1.29, 1.82) is 0 Å². The number of nitrogens with zero attached hydrogens (tertiary/aromatic N) is 4. The Morgan fingerprint density at radius 2 is 1.44 bits per heavy atom. The number of ether oxygens (including phenoxy) is 1. The molecule has 2 N–H and O–H groups in total. The minimum Gasteiger partial charge on any atom is -0.857 e. The molecular formula is C32H18N4O17S2. The van der Waals surface area contributed by atoms with Gasteiger partial charge in [-0.25, -0.2) is 9.63 Å². The SMILES string of the molecule is O=CN(OS(=O)(=O)c1ccc(Oc2ccc(S(=O)(=O)On3c([O-])c4cc5c(cc4c3O)C(=O)[N+](=O)OC5)cc2)cc1)C(=O)c1ccc2c(c1)C(=O)N(O)C2=O. The summed E-state index contributed by atoms with van der Waals surface area (Å²) in [5.41, 5.74) is -1.05. The number of hydroxylamine groups is 4. The van der Waals surface area contributed by atoms with E-state index >= 15 is 0 Å². The van der Waals surface area contributed by atoms with Gasteiger partial charge in [-0.05, 0) is 78.9 Å². The lowest BCUT2D eigenvalue weighted by molar-refractivity contribution is -0.739. The highest BCUT2D eigenvalue weighted by Gasteiger charge is 2.38. The summed E-state index contributed by atoms with van der Waals surface area (Å²) in [6.07, 6.45) is -0.248. The van der Waals surface area contributed by atoms with Crippen molar-refractivity contribution in [3.8, 4) is 23.3 Å². The van der Waals surface area contributed by atoms with E-state index in [-0.39, 0.29) is 77.3 Å². The zero-order valence-electron chi connectivity index (χ0n) is 26.9. The van der Waals surface area contributed by atoms with Crippen LogP contribution in [0.3, 0.4) is 0 Å². The van der Waals surface area contributed by atoms with Crippen LogP contribution in [-0.4, -0.2) is 77.0 Å². The van der Waals surface area contributed by atoms with Gasteiger partial charge in [0.15, 0.2) is 6.61 Å². The minimum absolute atomic E-state index is 0.0241. The second-order valence-corrected chi connectivity index (χ2v) is 14.4. The van der Waals surface area contributed by atoms with Crippen LogP contribution in [0.25, 0.3) is 10.8 Å². The standard InChI is InChI=1S/C32H18N4O17S2/c37-15-33(27(38)16-1-10-22-24(11-16)29(40)34(44)28(22)39)52-54(46,47)20-6-2-18(3-7-20)51-19-4-8-21(9-5-19)55(48,49)53-35-30(41)25-12-17-14-50-36(45)32(43)23(17)13-26(25)31(35)42/h1-13,15H,14H2,(H2-,38,39,40,41,42,43,44,45). The van der Waals surface area contributed by atoms with Crippen LogP contribution >= 0.6 is 0 Å². The molecule has 3 heterocycles. The smallest absolute Gasteiger partial charge is 0.522 e. The molecule has 0 radical (unpaired) electrons. The van der Waals surface area contributed by atoms with E-state index in [2.05, 4.69) is 9.12 Å². The average molecular weight is 795 g/mol. The molecule has 0 fully saturated rings. The fourth-order valence-corrected chi connectivity index (χ4v) is 7.12. The molecule has 0 saturated heterocycles. The number of rotatable bonds is 10. The Balaban J connectivity index is 1.02. The van der Waals surface area contributed by atoms with E-state index in [4.69, 9.17) is 9.02 Å². The lowest BCUT2D eigenvalue weighted by Crippen LogP contribution is -2.32. The first-order chi connectivity index (χ1) is 26.0. The van der Waals surface area contributed by atoms with Gasteiger partial charge in [0.2, 0.25) is 12.3 Å². The second-order valence-electron chi connectivity index (χ2n) is 11.3. The summed E-state index contributed by atoms with van der Waals surface area (Å²) >= 11 is 0. The number of hydrogen-bond donors (Lipinski definition) is 2. The lowest BCUT2D eigenvalue weighted by atomic mass is 10.0. The predicted molar refractivity (Wildman–Crippen MR) is 172 cm³/mol. The van der Waals surface area contributed by atoms with Crippen molar-refractivity contribution in [3.05, 3.63) is 112 Å². The third kappa shape index (κ3) is 6.23. The van der Waals surface area contributed by atoms with E-state index in [1.807, 2.05) is 0 Å². The third-order valence-electron chi connectivity index (χ3n) is 8.04. The second kappa shape index (κ2) is 13.0. The lowest BCUT2D eigenvalue weighted by Gasteiger charge is -2.15. The summed E-state index contributed by atoms with van der Waals surface area (Å²) in [6, 6.07) is 13.8. The molecule has 2 aliphatic rings. The summed E-state index contributed by atoms with van der Waals surface area (Å²) in [6.45, 7) is -0.361. The van der Waals surface area contributed by atoms with Crippen molar-refractivity contribution in [2.75, 3.05) is 0 Å². The Kier molecular flexibility index (Phi) is 8.56. The van der Waals surface area contributed by atoms with Gasteiger partial charge in [-0.1, -0.05) is 0 Å². The monoisotopic (exact) mass is 794 g/mol. The van der Waals surface area contributed by atoms with Crippen molar-refractivity contribution in [3.63, 3.8) is 0 Å². The molecule has 0 atom stereocenters. The molecule has 280 valence electrons. The van der Waals surface area contributed by atoms with Crippen LogP contribution in [0.2, 0.25) is 0 Å². The van der Waals surface area contributed by atoms with E-state index in [0.29, 0.717) is 0 Å². The molecule has 21 nitrogen and oxygen atoms in total. The average Bonchev–Trinajstić information content (AvgIpc) is 3.53. The maximum atomic E-state index is 13.0. The number of fused-ring (bicyclic) bond motifs is 3. The van der Waals surface area contributed by atoms with Crippen LogP contribution in [0.5, 0.6) is 23.3 Å². The zero-order valence-corrected chi connectivity index (χ0v) is 28.5. The number of imide groups is 2. The molecule has 0 spiro atoms. The molecule has 5 aromatic rings. The third-order valence-corrected chi connectivity index (χ3v) is 10.4. The Hall–Kier alpha value is -7.21. The van der Waals surface area contributed by atoms with Crippen molar-refractivity contribution in [2.45, 2.75) is 16.4 Å². The van der Waals surface area contributed by atoms with Crippen LogP contribution < -0.4 is 14.1 Å². The maximum absolute atomic E-state index is 13.0. The van der Waals surface area contributed by atoms with Crippen molar-refractivity contribution >= 4 is 61.0 Å². The Morgan fingerprint density at radius 1 is 0.836 bits per heavy atom. The molecule has 0 bridgehead atoms. The summed E-state index contributed by atoms with van der Waals surface area (Å²) < 4.78 is 67.1. The van der Waals surface area contributed by atoms with Gasteiger partial charge in [0.1, 0.15) is 22.0 Å². The highest BCUT2D eigenvalue weighted by molar-refractivity contribution is 7.87. The molecule has 7 rings (SSSR count). The van der Waals surface area contributed by atoms with Crippen LogP contribution in [-0.2, 0) is 40.8 Å². The Bertz CT molecular complexity index is 2760. The number of carbonyl (C=O) groups excluding carboxylic acids is 5. The molecule has 23 heteroatoms. The number of amides is 5. The van der Waals surface area contributed by atoms with E-state index < -0.39 is 71.0 Å². The number of carbonyl (C=O) groups is 5. The predicted octanol–water partition coefficient (Wildman–Crippen LogP) is 1.30. The van der Waals surface area contributed by atoms with Crippen molar-refractivity contribution < 1.29 is 79.3 Å². The Labute approximate surface area is 305 Å². The summed E-state index contributed by atoms with van der Waals surface area (Å²) in [7, 11) is -9.61. The number of benzene rings is 4. The Morgan fingerprint density at radius 3 is 2.05 bits per heavy atom. The fourth-order valence-electron chi connectivity index (χ4n) is 5.36. The molecule has 0 aliphatic carbocycles. The molecule has 0 unspecified atom stereocenters. The molecule has 4 aromatic carbocycles. The van der Waals surface area contributed by atoms with Gasteiger partial charge >= 0.3 is 31.1 Å². The summed E-state index contributed by atoms with van der Waals surface area (Å²) in [5, 5.41) is 32.2. The quantitative estimate of drug-likeness (QED) is 0.0871. The van der Waals surface area contributed by atoms with E-state index in [1.165, 1.54) is 12.1 Å². The number of aromatic hydroxyl groups is 1. The summed E-state index contributed by atoms with van der Waals surface area (Å²) in [5.74, 6) is -6.61. The van der Waals surface area contributed by atoms with E-state index in [0.717, 1.165) is 66.7 Å². The minimum atomic E-state index is -4.83. The van der Waals surface area contributed by atoms with Crippen LogP contribution in [0.1, 0.15) is 47.0 Å². The van der Waals surface area contributed by atoms with E-state index in [9.17, 15) is 61.1 Å². The molecule has 1 aromatic heterocycles. The van der Waals surface area contributed by atoms with Gasteiger partial charge in [-0.15, -0.1) is 19.1 Å².